The van der Waals surface area contributed by atoms with Crippen molar-refractivity contribution in [3.63, 3.8) is 0 Å². The van der Waals surface area contributed by atoms with Gasteiger partial charge < -0.3 is 4.52 Å². The van der Waals surface area contributed by atoms with E-state index in [-0.39, 0.29) is 10.3 Å². The normalized spacial score (nSPS) is 20.6. The Morgan fingerprint density at radius 2 is 2.30 bits per heavy atom. The average molecular weight is 333 g/mol. The van der Waals surface area contributed by atoms with Crippen LogP contribution in [-0.4, -0.2) is 24.4 Å². The Morgan fingerprint density at radius 3 is 2.90 bits per heavy atom. The van der Waals surface area contributed by atoms with Crippen molar-refractivity contribution in [1.82, 2.24) is 9.46 Å². The molecule has 5 nitrogen and oxygen atoms in total. The lowest BCUT2D eigenvalue weighted by Crippen LogP contribution is -2.30. The van der Waals surface area contributed by atoms with Crippen molar-refractivity contribution in [3.8, 4) is 0 Å². The Kier molecular flexibility index (Phi) is 3.62. The van der Waals surface area contributed by atoms with Gasteiger partial charge in [-0.2, -0.15) is 4.31 Å². The number of thiophene rings is 1. The van der Waals surface area contributed by atoms with Gasteiger partial charge in [-0.3, -0.25) is 0 Å². The Hall–Kier alpha value is -0.890. The van der Waals surface area contributed by atoms with Crippen LogP contribution in [0.25, 0.3) is 0 Å². The van der Waals surface area contributed by atoms with Crippen LogP contribution in [0.2, 0.25) is 4.34 Å². The van der Waals surface area contributed by atoms with Crippen molar-refractivity contribution in [2.45, 2.75) is 30.0 Å². The summed E-state index contributed by atoms with van der Waals surface area (Å²) < 4.78 is 32.6. The van der Waals surface area contributed by atoms with E-state index in [0.717, 1.165) is 24.2 Å². The molecule has 0 aromatic carbocycles. The van der Waals surface area contributed by atoms with Crippen LogP contribution in [0.4, 0.5) is 0 Å². The number of halogens is 1. The van der Waals surface area contributed by atoms with Gasteiger partial charge in [0.2, 0.25) is 0 Å². The molecule has 2 aromatic heterocycles. The number of hydrogen-bond acceptors (Lipinski definition) is 5. The highest BCUT2D eigenvalue weighted by Crippen LogP contribution is 2.38. The molecule has 0 unspecified atom stereocenters. The van der Waals surface area contributed by atoms with Crippen LogP contribution in [0, 0.1) is 6.92 Å². The highest BCUT2D eigenvalue weighted by Gasteiger charge is 2.38. The van der Waals surface area contributed by atoms with Gasteiger partial charge in [0.1, 0.15) is 15.7 Å². The van der Waals surface area contributed by atoms with E-state index in [1.165, 1.54) is 4.31 Å². The molecular weight excluding hydrogens is 320 g/mol. The molecule has 0 bridgehead atoms. The second-order valence-corrected chi connectivity index (χ2v) is 8.53. The first-order valence-electron chi connectivity index (χ1n) is 6.19. The summed E-state index contributed by atoms with van der Waals surface area (Å²) in [6.07, 6.45) is 1.57. The highest BCUT2D eigenvalue weighted by atomic mass is 35.5. The summed E-state index contributed by atoms with van der Waals surface area (Å²) in [4.78, 5) is 0. The van der Waals surface area contributed by atoms with Gasteiger partial charge in [-0.1, -0.05) is 16.8 Å². The lowest BCUT2D eigenvalue weighted by atomic mass is 10.1. The molecule has 0 spiro atoms. The van der Waals surface area contributed by atoms with E-state index < -0.39 is 10.0 Å². The van der Waals surface area contributed by atoms with Gasteiger partial charge in [0, 0.05) is 12.6 Å². The largest absolute Gasteiger partial charge is 0.361 e. The third-order valence-electron chi connectivity index (χ3n) is 3.30. The summed E-state index contributed by atoms with van der Waals surface area (Å²) in [6, 6.07) is 4.69. The molecule has 0 N–H and O–H groups in total. The third kappa shape index (κ3) is 2.39. The van der Waals surface area contributed by atoms with Gasteiger partial charge in [-0.05, 0) is 31.9 Å². The van der Waals surface area contributed by atoms with Crippen molar-refractivity contribution in [1.29, 1.82) is 0 Å². The van der Waals surface area contributed by atoms with Crippen molar-refractivity contribution in [2.24, 2.45) is 0 Å². The topological polar surface area (TPSA) is 63.4 Å². The Morgan fingerprint density at radius 1 is 1.50 bits per heavy atom. The second kappa shape index (κ2) is 5.14. The minimum atomic E-state index is -3.52. The van der Waals surface area contributed by atoms with Crippen molar-refractivity contribution in [3.05, 3.63) is 34.0 Å². The van der Waals surface area contributed by atoms with Gasteiger partial charge in [-0.25, -0.2) is 8.42 Å². The zero-order chi connectivity index (χ0) is 14.3. The standard InChI is InChI=1S/C12H13ClN2O3S2/c1-8-7-9(14-18-8)10-3-2-6-15(10)20(16,17)12-5-4-11(13)19-12/h4-5,7,10H,2-3,6H2,1H3/t10-/m1/s1. The molecule has 8 heteroatoms. The first-order valence-corrected chi connectivity index (χ1v) is 8.82. The lowest BCUT2D eigenvalue weighted by Gasteiger charge is -2.21. The zero-order valence-corrected chi connectivity index (χ0v) is 13.1. The lowest BCUT2D eigenvalue weighted by molar-refractivity contribution is 0.350. The fourth-order valence-corrected chi connectivity index (χ4v) is 5.70. The van der Waals surface area contributed by atoms with Gasteiger partial charge in [0.25, 0.3) is 10.0 Å². The van der Waals surface area contributed by atoms with Crippen LogP contribution < -0.4 is 0 Å². The third-order valence-corrected chi connectivity index (χ3v) is 6.91. The molecule has 3 rings (SSSR count). The SMILES string of the molecule is Cc1cc([C@H]2CCCN2S(=O)(=O)c2ccc(Cl)s2)no1. The van der Waals surface area contributed by atoms with Gasteiger partial charge in [-0.15, -0.1) is 11.3 Å². The van der Waals surface area contributed by atoms with E-state index in [1.807, 2.05) is 0 Å². The van der Waals surface area contributed by atoms with Crippen LogP contribution >= 0.6 is 22.9 Å². The Bertz CT molecular complexity index is 723. The van der Waals surface area contributed by atoms with E-state index in [9.17, 15) is 8.42 Å². The van der Waals surface area contributed by atoms with Gasteiger partial charge >= 0.3 is 0 Å². The molecule has 20 heavy (non-hydrogen) atoms. The number of aryl methyl sites for hydroxylation is 1. The summed E-state index contributed by atoms with van der Waals surface area (Å²) in [6.45, 7) is 2.29. The fourth-order valence-electron chi connectivity index (χ4n) is 2.42. The molecule has 1 saturated heterocycles. The van der Waals surface area contributed by atoms with Crippen LogP contribution in [0.3, 0.4) is 0 Å². The summed E-state index contributed by atoms with van der Waals surface area (Å²) in [5.74, 6) is 0.684. The zero-order valence-electron chi connectivity index (χ0n) is 10.7. The maximum Gasteiger partial charge on any atom is 0.253 e. The molecule has 0 saturated carbocycles. The molecule has 108 valence electrons. The molecule has 1 atom stereocenters. The highest BCUT2D eigenvalue weighted by molar-refractivity contribution is 7.91. The quantitative estimate of drug-likeness (QED) is 0.865. The predicted molar refractivity (Wildman–Crippen MR) is 76.4 cm³/mol. The molecule has 2 aromatic rings. The molecule has 0 amide bonds. The van der Waals surface area contributed by atoms with Crippen molar-refractivity contribution in [2.75, 3.05) is 6.54 Å². The fraction of sp³-hybridized carbons (Fsp3) is 0.417. The van der Waals surface area contributed by atoms with Gasteiger partial charge in [0.05, 0.1) is 10.4 Å². The number of hydrogen-bond donors (Lipinski definition) is 0. The molecule has 1 aliphatic heterocycles. The second-order valence-electron chi connectivity index (χ2n) is 4.69. The first kappa shape index (κ1) is 14.1. The summed E-state index contributed by atoms with van der Waals surface area (Å²) in [5.41, 5.74) is 0.672. The summed E-state index contributed by atoms with van der Waals surface area (Å²) in [7, 11) is -3.52. The average Bonchev–Trinajstić information content (AvgIpc) is 3.07. The monoisotopic (exact) mass is 332 g/mol. The number of aromatic nitrogens is 1. The van der Waals surface area contributed by atoms with Crippen molar-refractivity contribution >= 4 is 33.0 Å². The molecular formula is C12H13ClN2O3S2. The Labute approximate surface area is 126 Å². The van der Waals surface area contributed by atoms with Crippen molar-refractivity contribution < 1.29 is 12.9 Å². The van der Waals surface area contributed by atoms with Crippen LogP contribution in [0.1, 0.15) is 30.3 Å². The maximum absolute atomic E-state index is 12.7. The number of rotatable bonds is 3. The van der Waals surface area contributed by atoms with E-state index in [4.69, 9.17) is 16.1 Å². The van der Waals surface area contributed by atoms with E-state index in [1.54, 1.807) is 25.1 Å². The molecule has 0 radical (unpaired) electrons. The summed E-state index contributed by atoms with van der Waals surface area (Å²) >= 11 is 6.91. The van der Waals surface area contributed by atoms with E-state index in [2.05, 4.69) is 5.16 Å². The van der Waals surface area contributed by atoms with E-state index in [0.29, 0.717) is 22.3 Å². The van der Waals surface area contributed by atoms with E-state index >= 15 is 0 Å². The molecule has 1 aliphatic rings. The van der Waals surface area contributed by atoms with Crippen LogP contribution in [0.15, 0.2) is 26.9 Å². The molecule has 1 fully saturated rings. The predicted octanol–water partition coefficient (Wildman–Crippen LogP) is 3.22. The minimum absolute atomic E-state index is 0.252. The number of nitrogens with zero attached hydrogens (tertiary/aromatic N) is 2. The Balaban J connectivity index is 1.96. The molecule has 3 heterocycles. The van der Waals surface area contributed by atoms with Gasteiger partial charge in [0.15, 0.2) is 0 Å². The molecule has 0 aliphatic carbocycles. The van der Waals surface area contributed by atoms with Crippen LogP contribution in [-0.2, 0) is 10.0 Å². The minimum Gasteiger partial charge on any atom is -0.361 e. The number of sulfonamides is 1. The van der Waals surface area contributed by atoms with Crippen LogP contribution in [0.5, 0.6) is 0 Å². The first-order chi connectivity index (χ1) is 9.48. The summed E-state index contributed by atoms with van der Waals surface area (Å²) in [5, 5.41) is 3.96. The smallest absolute Gasteiger partial charge is 0.253 e. The maximum atomic E-state index is 12.7.